The zero-order valence-corrected chi connectivity index (χ0v) is 11.4. The average molecular weight is 251 g/mol. The fourth-order valence-electron chi connectivity index (χ4n) is 1.63. The molecule has 0 aliphatic heterocycles. The normalized spacial score (nSPS) is 12.1. The lowest BCUT2D eigenvalue weighted by Crippen LogP contribution is -2.40. The number of hydrogen-bond donors (Lipinski definition) is 1. The number of hydrogen-bond acceptors (Lipinski definition) is 3. The Hall–Kier alpha value is -1.55. The van der Waals surface area contributed by atoms with E-state index in [0.29, 0.717) is 5.75 Å². The molecule has 0 aliphatic carbocycles. The third-order valence-electron chi connectivity index (χ3n) is 2.88. The quantitative estimate of drug-likeness (QED) is 0.863. The van der Waals surface area contributed by atoms with Crippen molar-refractivity contribution in [1.29, 1.82) is 0 Å². The lowest BCUT2D eigenvalue weighted by atomic mass is 10.1. The molecule has 1 N–H and O–H groups in total. The summed E-state index contributed by atoms with van der Waals surface area (Å²) in [6.45, 7) is 5.70. The van der Waals surface area contributed by atoms with Gasteiger partial charge in [0.25, 0.3) is 5.91 Å². The SMILES string of the molecule is Cc1cc(C)cc(OCC(=O)N(C)C(C)CO)c1. The van der Waals surface area contributed by atoms with Crippen LogP contribution in [0.2, 0.25) is 0 Å². The van der Waals surface area contributed by atoms with E-state index in [1.165, 1.54) is 4.90 Å². The van der Waals surface area contributed by atoms with Crippen LogP contribution < -0.4 is 4.74 Å². The van der Waals surface area contributed by atoms with E-state index in [4.69, 9.17) is 9.84 Å². The highest BCUT2D eigenvalue weighted by atomic mass is 16.5. The number of benzene rings is 1. The third-order valence-corrected chi connectivity index (χ3v) is 2.88. The molecule has 0 saturated carbocycles. The second-order valence-electron chi connectivity index (χ2n) is 4.65. The molecule has 0 fully saturated rings. The van der Waals surface area contributed by atoms with Gasteiger partial charge in [0.05, 0.1) is 12.6 Å². The van der Waals surface area contributed by atoms with Gasteiger partial charge in [0.2, 0.25) is 0 Å². The smallest absolute Gasteiger partial charge is 0.260 e. The Balaban J connectivity index is 2.57. The zero-order valence-electron chi connectivity index (χ0n) is 11.4. The van der Waals surface area contributed by atoms with Gasteiger partial charge in [-0.05, 0) is 44.0 Å². The van der Waals surface area contributed by atoms with Crippen LogP contribution in [0, 0.1) is 13.8 Å². The molecule has 1 unspecified atom stereocenters. The Labute approximate surface area is 108 Å². The lowest BCUT2D eigenvalue weighted by Gasteiger charge is -2.23. The highest BCUT2D eigenvalue weighted by Gasteiger charge is 2.15. The van der Waals surface area contributed by atoms with Gasteiger partial charge >= 0.3 is 0 Å². The minimum absolute atomic E-state index is 0.0102. The second-order valence-corrected chi connectivity index (χ2v) is 4.65. The van der Waals surface area contributed by atoms with Gasteiger partial charge in [0.1, 0.15) is 5.75 Å². The first-order chi connectivity index (χ1) is 8.43. The predicted octanol–water partition coefficient (Wildman–Crippen LogP) is 1.52. The Kier molecular flexibility index (Phi) is 5.16. The largest absolute Gasteiger partial charge is 0.484 e. The van der Waals surface area contributed by atoms with Crippen molar-refractivity contribution < 1.29 is 14.6 Å². The standard InChI is InChI=1S/C14H21NO3/c1-10-5-11(2)7-13(6-10)18-9-14(17)15(4)12(3)8-16/h5-7,12,16H,8-9H2,1-4H3. The summed E-state index contributed by atoms with van der Waals surface area (Å²) in [5, 5.41) is 8.98. The van der Waals surface area contributed by atoms with Crippen molar-refractivity contribution in [3.8, 4) is 5.75 Å². The van der Waals surface area contributed by atoms with E-state index in [0.717, 1.165) is 11.1 Å². The molecule has 0 spiro atoms. The molecule has 100 valence electrons. The summed E-state index contributed by atoms with van der Waals surface area (Å²) < 4.78 is 5.47. The lowest BCUT2D eigenvalue weighted by molar-refractivity contribution is -0.134. The molecule has 0 heterocycles. The maximum absolute atomic E-state index is 11.8. The van der Waals surface area contributed by atoms with Crippen molar-refractivity contribution in [2.24, 2.45) is 0 Å². The molecule has 1 rings (SSSR count). The van der Waals surface area contributed by atoms with E-state index < -0.39 is 0 Å². The third kappa shape index (κ3) is 4.04. The van der Waals surface area contributed by atoms with Gasteiger partial charge in [-0.3, -0.25) is 4.79 Å². The number of rotatable bonds is 5. The van der Waals surface area contributed by atoms with E-state index in [-0.39, 0.29) is 25.2 Å². The van der Waals surface area contributed by atoms with Crippen molar-refractivity contribution in [1.82, 2.24) is 4.90 Å². The van der Waals surface area contributed by atoms with Gasteiger partial charge in [-0.1, -0.05) is 6.07 Å². The van der Waals surface area contributed by atoms with E-state index in [1.807, 2.05) is 26.0 Å². The van der Waals surface area contributed by atoms with Gasteiger partial charge < -0.3 is 14.7 Å². The fourth-order valence-corrected chi connectivity index (χ4v) is 1.63. The number of carbonyl (C=O) groups excluding carboxylic acids is 1. The van der Waals surface area contributed by atoms with Gasteiger partial charge in [0.15, 0.2) is 6.61 Å². The molecule has 0 bridgehead atoms. The summed E-state index contributed by atoms with van der Waals surface area (Å²) in [5.41, 5.74) is 2.21. The molecule has 0 aliphatic rings. The summed E-state index contributed by atoms with van der Waals surface area (Å²) in [4.78, 5) is 13.3. The molecule has 1 amide bonds. The molecule has 0 saturated heterocycles. The summed E-state index contributed by atoms with van der Waals surface area (Å²) in [6, 6.07) is 5.65. The molecule has 4 nitrogen and oxygen atoms in total. The van der Waals surface area contributed by atoms with Crippen LogP contribution in [0.4, 0.5) is 0 Å². The monoisotopic (exact) mass is 251 g/mol. The Morgan fingerprint density at radius 2 is 1.89 bits per heavy atom. The van der Waals surface area contributed by atoms with Crippen LogP contribution in [-0.2, 0) is 4.79 Å². The minimum Gasteiger partial charge on any atom is -0.484 e. The maximum Gasteiger partial charge on any atom is 0.260 e. The van der Waals surface area contributed by atoms with Gasteiger partial charge in [0, 0.05) is 7.05 Å². The van der Waals surface area contributed by atoms with Crippen molar-refractivity contribution >= 4 is 5.91 Å². The van der Waals surface area contributed by atoms with Crippen molar-refractivity contribution in [2.45, 2.75) is 26.8 Å². The number of carbonyl (C=O) groups is 1. The van der Waals surface area contributed by atoms with Gasteiger partial charge in [-0.25, -0.2) is 0 Å². The number of aliphatic hydroxyl groups is 1. The van der Waals surface area contributed by atoms with Crippen LogP contribution in [-0.4, -0.2) is 42.2 Å². The van der Waals surface area contributed by atoms with Crippen molar-refractivity contribution in [3.05, 3.63) is 29.3 Å². The molecule has 18 heavy (non-hydrogen) atoms. The molecule has 1 aromatic rings. The van der Waals surface area contributed by atoms with Gasteiger partial charge in [-0.15, -0.1) is 0 Å². The highest BCUT2D eigenvalue weighted by Crippen LogP contribution is 2.16. The summed E-state index contributed by atoms with van der Waals surface area (Å²) >= 11 is 0. The average Bonchev–Trinajstić information content (AvgIpc) is 2.32. The Morgan fingerprint density at radius 3 is 2.39 bits per heavy atom. The maximum atomic E-state index is 11.8. The fraction of sp³-hybridized carbons (Fsp3) is 0.500. The molecular formula is C14H21NO3. The first kappa shape index (κ1) is 14.5. The van der Waals surface area contributed by atoms with Crippen LogP contribution in [0.25, 0.3) is 0 Å². The molecule has 0 radical (unpaired) electrons. The summed E-state index contributed by atoms with van der Waals surface area (Å²) in [5.74, 6) is 0.557. The molecule has 1 atom stereocenters. The predicted molar refractivity (Wildman–Crippen MR) is 70.7 cm³/mol. The van der Waals surface area contributed by atoms with Gasteiger partial charge in [-0.2, -0.15) is 0 Å². The number of aliphatic hydroxyl groups excluding tert-OH is 1. The number of likely N-dealkylation sites (N-methyl/N-ethyl adjacent to an activating group) is 1. The highest BCUT2D eigenvalue weighted by molar-refractivity contribution is 5.77. The minimum atomic E-state index is -0.194. The van der Waals surface area contributed by atoms with E-state index in [1.54, 1.807) is 14.0 Å². The molecule has 1 aromatic carbocycles. The Morgan fingerprint density at radius 1 is 1.33 bits per heavy atom. The van der Waals surface area contributed by atoms with Crippen LogP contribution >= 0.6 is 0 Å². The number of amides is 1. The van der Waals surface area contributed by atoms with Crippen LogP contribution in [0.1, 0.15) is 18.1 Å². The van der Waals surface area contributed by atoms with Crippen LogP contribution in [0.5, 0.6) is 5.75 Å². The first-order valence-corrected chi connectivity index (χ1v) is 6.01. The topological polar surface area (TPSA) is 49.8 Å². The first-order valence-electron chi connectivity index (χ1n) is 6.01. The summed E-state index contributed by atoms with van der Waals surface area (Å²) in [6.07, 6.45) is 0. The van der Waals surface area contributed by atoms with E-state index in [2.05, 4.69) is 6.07 Å². The number of nitrogens with zero attached hydrogens (tertiary/aromatic N) is 1. The van der Waals surface area contributed by atoms with E-state index >= 15 is 0 Å². The second kappa shape index (κ2) is 6.40. The molecule has 4 heteroatoms. The van der Waals surface area contributed by atoms with Crippen molar-refractivity contribution in [3.63, 3.8) is 0 Å². The number of ether oxygens (including phenoxy) is 1. The zero-order chi connectivity index (χ0) is 13.7. The van der Waals surface area contributed by atoms with Crippen LogP contribution in [0.3, 0.4) is 0 Å². The van der Waals surface area contributed by atoms with E-state index in [9.17, 15) is 4.79 Å². The summed E-state index contributed by atoms with van der Waals surface area (Å²) in [7, 11) is 1.66. The van der Waals surface area contributed by atoms with Crippen LogP contribution in [0.15, 0.2) is 18.2 Å². The number of aryl methyl sites for hydroxylation is 2. The Bertz CT molecular complexity index is 397. The molecular weight excluding hydrogens is 230 g/mol. The molecule has 0 aromatic heterocycles. The van der Waals surface area contributed by atoms with Crippen molar-refractivity contribution in [2.75, 3.05) is 20.3 Å².